The van der Waals surface area contributed by atoms with E-state index in [1.165, 1.54) is 27.7 Å². The monoisotopic (exact) mass is 368 g/mol. The molecule has 0 aliphatic carbocycles. The summed E-state index contributed by atoms with van der Waals surface area (Å²) in [5.74, 6) is 1.07. The highest BCUT2D eigenvalue weighted by Crippen LogP contribution is 2.26. The molecule has 28 heavy (non-hydrogen) atoms. The van der Waals surface area contributed by atoms with Crippen molar-refractivity contribution >= 4 is 33.3 Å². The molecule has 0 saturated carbocycles. The number of para-hydroxylation sites is 2. The number of hydrogen-bond donors (Lipinski definition) is 1. The molecule has 0 unspecified atom stereocenters. The van der Waals surface area contributed by atoms with Crippen molar-refractivity contribution in [2.75, 3.05) is 31.1 Å². The average Bonchev–Trinajstić information content (AvgIpc) is 3.18. The highest BCUT2D eigenvalue weighted by atomic mass is 15.3. The van der Waals surface area contributed by atoms with Crippen molar-refractivity contribution in [1.29, 1.82) is 0 Å². The molecule has 0 bridgehead atoms. The van der Waals surface area contributed by atoms with Crippen molar-refractivity contribution in [3.8, 4) is 0 Å². The van der Waals surface area contributed by atoms with Gasteiger partial charge in [0.25, 0.3) is 0 Å². The van der Waals surface area contributed by atoms with Crippen LogP contribution in [0.2, 0.25) is 0 Å². The number of benzene rings is 2. The molecule has 0 amide bonds. The van der Waals surface area contributed by atoms with Gasteiger partial charge in [0.1, 0.15) is 5.82 Å². The molecule has 3 heterocycles. The Kier molecular flexibility index (Phi) is 4.24. The fourth-order valence-corrected chi connectivity index (χ4v) is 4.13. The van der Waals surface area contributed by atoms with Crippen LogP contribution in [-0.2, 0) is 0 Å². The number of fused-ring (bicyclic) bond motifs is 2. The molecular formula is C24H24N4. The zero-order chi connectivity index (χ0) is 18.9. The fourth-order valence-electron chi connectivity index (χ4n) is 4.13. The summed E-state index contributed by atoms with van der Waals surface area (Å²) < 4.78 is 0. The molecule has 0 atom stereocenters. The lowest BCUT2D eigenvalue weighted by Gasteiger charge is -2.37. The van der Waals surface area contributed by atoms with E-state index in [2.05, 4.69) is 94.5 Å². The highest BCUT2D eigenvalue weighted by molar-refractivity contribution is 5.84. The van der Waals surface area contributed by atoms with Gasteiger partial charge in [-0.2, -0.15) is 0 Å². The Morgan fingerprint density at radius 3 is 2.43 bits per heavy atom. The van der Waals surface area contributed by atoms with Crippen molar-refractivity contribution in [1.82, 2.24) is 14.9 Å². The van der Waals surface area contributed by atoms with Gasteiger partial charge in [-0.15, -0.1) is 0 Å². The van der Waals surface area contributed by atoms with Crippen LogP contribution in [0.4, 0.5) is 5.82 Å². The minimum Gasteiger partial charge on any atom is -0.367 e. The number of anilines is 1. The van der Waals surface area contributed by atoms with E-state index in [4.69, 9.17) is 4.98 Å². The van der Waals surface area contributed by atoms with E-state index < -0.39 is 0 Å². The summed E-state index contributed by atoms with van der Waals surface area (Å²) in [4.78, 5) is 13.3. The third-order valence-corrected chi connectivity index (χ3v) is 5.61. The molecule has 0 spiro atoms. The lowest BCUT2D eigenvalue weighted by molar-refractivity contribution is 0.365. The lowest BCUT2D eigenvalue weighted by Crippen LogP contribution is -2.45. The largest absolute Gasteiger partial charge is 0.367 e. The zero-order valence-corrected chi connectivity index (χ0v) is 16.1. The Morgan fingerprint density at radius 1 is 0.893 bits per heavy atom. The summed E-state index contributed by atoms with van der Waals surface area (Å²) in [5.41, 5.74) is 4.73. The van der Waals surface area contributed by atoms with Crippen LogP contribution >= 0.6 is 0 Å². The number of nitrogens with one attached hydrogen (secondary N) is 1. The van der Waals surface area contributed by atoms with E-state index in [9.17, 15) is 0 Å². The van der Waals surface area contributed by atoms with Crippen molar-refractivity contribution in [2.24, 2.45) is 0 Å². The number of H-pyrrole nitrogens is 1. The second-order valence-electron chi connectivity index (χ2n) is 7.28. The van der Waals surface area contributed by atoms with Gasteiger partial charge in [0.05, 0.1) is 16.9 Å². The summed E-state index contributed by atoms with van der Waals surface area (Å²) >= 11 is 0. The summed E-state index contributed by atoms with van der Waals surface area (Å²) in [6.07, 6.45) is 2.22. The molecule has 1 fully saturated rings. The molecule has 1 aliphatic heterocycles. The van der Waals surface area contributed by atoms with Crippen LogP contribution in [0.1, 0.15) is 12.6 Å². The SMILES string of the molecule is CC=C(c1cc2ccccc2[nH]1)N1CCN(c2ccc3ccccc3n2)CC1. The topological polar surface area (TPSA) is 35.2 Å². The maximum absolute atomic E-state index is 4.86. The van der Waals surface area contributed by atoms with Gasteiger partial charge in [0.15, 0.2) is 0 Å². The maximum Gasteiger partial charge on any atom is 0.129 e. The Bertz CT molecular complexity index is 1120. The van der Waals surface area contributed by atoms with Gasteiger partial charge in [-0.05, 0) is 37.3 Å². The van der Waals surface area contributed by atoms with Crippen LogP contribution in [0.25, 0.3) is 27.5 Å². The van der Waals surface area contributed by atoms with Gasteiger partial charge in [-0.25, -0.2) is 4.98 Å². The van der Waals surface area contributed by atoms with Gasteiger partial charge in [-0.1, -0.05) is 42.5 Å². The van der Waals surface area contributed by atoms with Crippen molar-refractivity contribution in [3.63, 3.8) is 0 Å². The minimum atomic E-state index is 0.975. The molecule has 1 aliphatic rings. The van der Waals surface area contributed by atoms with E-state index in [-0.39, 0.29) is 0 Å². The van der Waals surface area contributed by atoms with Crippen LogP contribution in [-0.4, -0.2) is 41.0 Å². The molecule has 0 radical (unpaired) electrons. The number of pyridine rings is 1. The van der Waals surface area contributed by atoms with Gasteiger partial charge in [0.2, 0.25) is 0 Å². The van der Waals surface area contributed by atoms with E-state index >= 15 is 0 Å². The van der Waals surface area contributed by atoms with Crippen LogP contribution in [0.15, 0.2) is 72.8 Å². The predicted molar refractivity (Wildman–Crippen MR) is 117 cm³/mol. The van der Waals surface area contributed by atoms with Crippen molar-refractivity contribution in [3.05, 3.63) is 78.5 Å². The zero-order valence-electron chi connectivity index (χ0n) is 16.1. The first-order valence-corrected chi connectivity index (χ1v) is 9.92. The van der Waals surface area contributed by atoms with Crippen molar-refractivity contribution in [2.45, 2.75) is 6.92 Å². The summed E-state index contributed by atoms with van der Waals surface area (Å²) in [7, 11) is 0. The minimum absolute atomic E-state index is 0.975. The number of allylic oxidation sites excluding steroid dienone is 1. The first-order valence-electron chi connectivity index (χ1n) is 9.92. The first-order chi connectivity index (χ1) is 13.8. The Labute approximate surface area is 165 Å². The molecule has 1 saturated heterocycles. The van der Waals surface area contributed by atoms with Crippen LogP contribution < -0.4 is 4.90 Å². The standard InChI is InChI=1S/C24H24N4/c1-2-23(22-17-19-8-4-6-10-21(19)25-22)27-13-15-28(16-14-27)24-12-11-18-7-3-5-9-20(18)26-24/h2-12,17,25H,13-16H2,1H3. The third-order valence-electron chi connectivity index (χ3n) is 5.61. The van der Waals surface area contributed by atoms with Crippen molar-refractivity contribution < 1.29 is 0 Å². The quantitative estimate of drug-likeness (QED) is 0.559. The first kappa shape index (κ1) is 16.9. The Hall–Kier alpha value is -3.27. The second-order valence-corrected chi connectivity index (χ2v) is 7.28. The Balaban J connectivity index is 1.33. The number of hydrogen-bond acceptors (Lipinski definition) is 3. The summed E-state index contributed by atoms with van der Waals surface area (Å²) in [5, 5.41) is 2.45. The highest BCUT2D eigenvalue weighted by Gasteiger charge is 2.21. The van der Waals surface area contributed by atoms with Gasteiger partial charge >= 0.3 is 0 Å². The normalized spacial score (nSPS) is 15.5. The summed E-state index contributed by atoms with van der Waals surface area (Å²) in [6.45, 7) is 6.05. The molecule has 2 aromatic carbocycles. The summed E-state index contributed by atoms with van der Waals surface area (Å²) in [6, 6.07) is 23.3. The molecule has 1 N–H and O–H groups in total. The Morgan fingerprint density at radius 2 is 1.64 bits per heavy atom. The van der Waals surface area contributed by atoms with Gasteiger partial charge < -0.3 is 14.8 Å². The van der Waals surface area contributed by atoms with Crippen LogP contribution in [0.5, 0.6) is 0 Å². The molecule has 4 nitrogen and oxygen atoms in total. The molecule has 4 aromatic rings. The van der Waals surface area contributed by atoms with Gasteiger partial charge in [-0.3, -0.25) is 0 Å². The number of nitrogens with zero attached hydrogens (tertiary/aromatic N) is 3. The van der Waals surface area contributed by atoms with Crippen LogP contribution in [0.3, 0.4) is 0 Å². The number of aromatic amines is 1. The number of piperazine rings is 1. The molecule has 4 heteroatoms. The molecule has 2 aromatic heterocycles. The fraction of sp³-hybridized carbons (Fsp3) is 0.208. The van der Waals surface area contributed by atoms with Gasteiger partial charge in [0, 0.05) is 42.5 Å². The van der Waals surface area contributed by atoms with E-state index in [0.29, 0.717) is 0 Å². The smallest absolute Gasteiger partial charge is 0.129 e. The molecule has 5 rings (SSSR count). The number of rotatable bonds is 3. The molecule has 140 valence electrons. The maximum atomic E-state index is 4.86. The van der Waals surface area contributed by atoms with E-state index in [0.717, 1.165) is 37.5 Å². The van der Waals surface area contributed by atoms with Crippen LogP contribution in [0, 0.1) is 0 Å². The average molecular weight is 368 g/mol. The number of aromatic nitrogens is 2. The molecular weight excluding hydrogens is 344 g/mol. The van der Waals surface area contributed by atoms with E-state index in [1.54, 1.807) is 0 Å². The second kappa shape index (κ2) is 7.04. The van der Waals surface area contributed by atoms with E-state index in [1.807, 2.05) is 0 Å². The lowest BCUT2D eigenvalue weighted by atomic mass is 10.2. The predicted octanol–water partition coefficient (Wildman–Crippen LogP) is 4.90. The third kappa shape index (κ3) is 3.01.